The fraction of sp³-hybridized carbons (Fsp3) is 0.0455. The smallest absolute Gasteiger partial charge is 0.263 e. The minimum Gasteiger partial charge on any atom is -0.507 e. The van der Waals surface area contributed by atoms with Crippen LogP contribution in [0.3, 0.4) is 0 Å². The number of hydrogen-bond acceptors (Lipinski definition) is 5. The van der Waals surface area contributed by atoms with Crippen molar-refractivity contribution in [2.75, 3.05) is 5.32 Å². The molecular formula is C22H14ClN3O3. The molecule has 7 heteroatoms. The van der Waals surface area contributed by atoms with Crippen LogP contribution in [-0.4, -0.2) is 16.1 Å². The van der Waals surface area contributed by atoms with Gasteiger partial charge in [-0.05, 0) is 47.5 Å². The normalized spacial score (nSPS) is 11.1. The van der Waals surface area contributed by atoms with Gasteiger partial charge in [0.1, 0.15) is 17.1 Å². The van der Waals surface area contributed by atoms with Crippen molar-refractivity contribution in [3.63, 3.8) is 0 Å². The lowest BCUT2D eigenvalue weighted by Gasteiger charge is -2.14. The van der Waals surface area contributed by atoms with E-state index in [-0.39, 0.29) is 28.3 Å². The van der Waals surface area contributed by atoms with Gasteiger partial charge in [-0.1, -0.05) is 35.9 Å². The van der Waals surface area contributed by atoms with Crippen LogP contribution in [0.2, 0.25) is 5.02 Å². The van der Waals surface area contributed by atoms with Crippen LogP contribution in [0.1, 0.15) is 33.0 Å². The molecule has 0 fully saturated rings. The Balaban J connectivity index is 1.93. The molecular weight excluding hydrogens is 390 g/mol. The highest BCUT2D eigenvalue weighted by Crippen LogP contribution is 2.31. The molecule has 0 aromatic heterocycles. The summed E-state index contributed by atoms with van der Waals surface area (Å²) in [5.41, 5.74) is 1.40. The third-order valence-corrected chi connectivity index (χ3v) is 4.57. The zero-order valence-corrected chi connectivity index (χ0v) is 15.7. The molecule has 6 nitrogen and oxygen atoms in total. The van der Waals surface area contributed by atoms with E-state index in [0.717, 1.165) is 0 Å². The lowest BCUT2D eigenvalue weighted by Crippen LogP contribution is -2.13. The highest BCUT2D eigenvalue weighted by atomic mass is 35.5. The van der Waals surface area contributed by atoms with E-state index in [0.29, 0.717) is 16.1 Å². The largest absolute Gasteiger partial charge is 0.507 e. The van der Waals surface area contributed by atoms with E-state index in [1.807, 2.05) is 6.07 Å². The number of halogens is 1. The first kappa shape index (κ1) is 19.8. The van der Waals surface area contributed by atoms with Crippen molar-refractivity contribution in [2.24, 2.45) is 0 Å². The SMILES string of the molecule is N#Cc1cc(NC(=O)c2c(O)cccc2O)ccc1C(C#N)c1ccc(Cl)cc1. The van der Waals surface area contributed by atoms with Gasteiger partial charge in [-0.3, -0.25) is 4.79 Å². The first-order valence-corrected chi connectivity index (χ1v) is 8.83. The Morgan fingerprint density at radius 3 is 2.24 bits per heavy atom. The van der Waals surface area contributed by atoms with Gasteiger partial charge in [-0.2, -0.15) is 10.5 Å². The van der Waals surface area contributed by atoms with Crippen LogP contribution < -0.4 is 5.32 Å². The van der Waals surface area contributed by atoms with Crippen LogP contribution in [0, 0.1) is 22.7 Å². The Labute approximate surface area is 171 Å². The van der Waals surface area contributed by atoms with Gasteiger partial charge in [0.25, 0.3) is 5.91 Å². The number of benzene rings is 3. The summed E-state index contributed by atoms with van der Waals surface area (Å²) in [7, 11) is 0. The Morgan fingerprint density at radius 1 is 1.00 bits per heavy atom. The number of anilines is 1. The van der Waals surface area contributed by atoms with Gasteiger partial charge >= 0.3 is 0 Å². The molecule has 0 radical (unpaired) electrons. The number of aromatic hydroxyl groups is 2. The maximum absolute atomic E-state index is 12.4. The number of phenolic OH excluding ortho intramolecular Hbond substituents is 2. The Kier molecular flexibility index (Phi) is 5.69. The Bertz CT molecular complexity index is 1140. The fourth-order valence-electron chi connectivity index (χ4n) is 2.92. The van der Waals surface area contributed by atoms with Gasteiger partial charge in [-0.15, -0.1) is 0 Å². The Morgan fingerprint density at radius 2 is 1.66 bits per heavy atom. The number of nitrogens with zero attached hydrogens (tertiary/aromatic N) is 2. The van der Waals surface area contributed by atoms with Crippen molar-refractivity contribution >= 4 is 23.2 Å². The van der Waals surface area contributed by atoms with Gasteiger partial charge < -0.3 is 15.5 Å². The molecule has 142 valence electrons. The average molecular weight is 404 g/mol. The summed E-state index contributed by atoms with van der Waals surface area (Å²) in [6, 6.07) is 19.5. The van der Waals surface area contributed by atoms with E-state index in [1.165, 1.54) is 24.3 Å². The fourth-order valence-corrected chi connectivity index (χ4v) is 3.04. The number of rotatable bonds is 4. The summed E-state index contributed by atoms with van der Waals surface area (Å²) < 4.78 is 0. The summed E-state index contributed by atoms with van der Waals surface area (Å²) in [5, 5.41) is 41.9. The quantitative estimate of drug-likeness (QED) is 0.591. The van der Waals surface area contributed by atoms with Crippen LogP contribution >= 0.6 is 11.6 Å². The number of nitriles is 2. The lowest BCUT2D eigenvalue weighted by molar-refractivity contribution is 0.102. The molecule has 29 heavy (non-hydrogen) atoms. The minimum atomic E-state index is -0.730. The standard InChI is InChI=1S/C22H14ClN3O3/c23-15-6-4-13(5-7-15)18(12-25)17-9-8-16(10-14(17)11-24)26-22(29)21-19(27)2-1-3-20(21)28/h1-10,18,27-28H,(H,26,29). The van der Waals surface area contributed by atoms with Gasteiger partial charge in [0.2, 0.25) is 0 Å². The topological polar surface area (TPSA) is 117 Å². The highest BCUT2D eigenvalue weighted by Gasteiger charge is 2.20. The molecule has 3 aromatic carbocycles. The van der Waals surface area contributed by atoms with Crippen LogP contribution in [0.25, 0.3) is 0 Å². The third kappa shape index (κ3) is 4.14. The second-order valence-electron chi connectivity index (χ2n) is 6.15. The van der Waals surface area contributed by atoms with Gasteiger partial charge in [0, 0.05) is 10.7 Å². The molecule has 0 heterocycles. The van der Waals surface area contributed by atoms with Crippen molar-refractivity contribution in [1.29, 1.82) is 10.5 Å². The summed E-state index contributed by atoms with van der Waals surface area (Å²) in [6.07, 6.45) is 0. The first-order chi connectivity index (χ1) is 13.9. The average Bonchev–Trinajstić information content (AvgIpc) is 2.70. The van der Waals surface area contributed by atoms with Crippen LogP contribution in [0.4, 0.5) is 5.69 Å². The van der Waals surface area contributed by atoms with E-state index >= 15 is 0 Å². The third-order valence-electron chi connectivity index (χ3n) is 4.32. The molecule has 0 aliphatic carbocycles. The predicted molar refractivity (Wildman–Crippen MR) is 108 cm³/mol. The molecule has 0 spiro atoms. The minimum absolute atomic E-state index is 0.214. The zero-order valence-electron chi connectivity index (χ0n) is 14.9. The van der Waals surface area contributed by atoms with Crippen molar-refractivity contribution in [3.05, 3.63) is 87.9 Å². The van der Waals surface area contributed by atoms with Crippen molar-refractivity contribution in [2.45, 2.75) is 5.92 Å². The summed E-state index contributed by atoms with van der Waals surface area (Å²) >= 11 is 5.90. The van der Waals surface area contributed by atoms with Gasteiger partial charge in [0.05, 0.1) is 23.6 Å². The van der Waals surface area contributed by atoms with Crippen molar-refractivity contribution in [1.82, 2.24) is 0 Å². The molecule has 1 atom stereocenters. The molecule has 0 saturated heterocycles. The second kappa shape index (κ2) is 8.35. The maximum atomic E-state index is 12.4. The second-order valence-corrected chi connectivity index (χ2v) is 6.59. The maximum Gasteiger partial charge on any atom is 0.263 e. The molecule has 3 N–H and O–H groups in total. The van der Waals surface area contributed by atoms with Crippen molar-refractivity contribution < 1.29 is 15.0 Å². The van der Waals surface area contributed by atoms with Crippen LogP contribution in [0.5, 0.6) is 11.5 Å². The number of carbonyl (C=O) groups is 1. The molecule has 3 rings (SSSR count). The van der Waals surface area contributed by atoms with Gasteiger partial charge in [0.15, 0.2) is 0 Å². The molecule has 1 unspecified atom stereocenters. The predicted octanol–water partition coefficient (Wildman–Crippen LogP) is 4.53. The van der Waals surface area contributed by atoms with E-state index in [9.17, 15) is 25.5 Å². The summed E-state index contributed by atoms with van der Waals surface area (Å²) in [6.45, 7) is 0. The first-order valence-electron chi connectivity index (χ1n) is 8.46. The molecule has 3 aromatic rings. The summed E-state index contributed by atoms with van der Waals surface area (Å²) in [4.78, 5) is 12.4. The molecule has 1 amide bonds. The van der Waals surface area contributed by atoms with E-state index in [4.69, 9.17) is 11.6 Å². The van der Waals surface area contributed by atoms with Gasteiger partial charge in [-0.25, -0.2) is 0 Å². The van der Waals surface area contributed by atoms with Crippen LogP contribution in [0.15, 0.2) is 60.7 Å². The molecule has 0 aliphatic rings. The molecule has 0 saturated carbocycles. The number of phenols is 2. The van der Waals surface area contributed by atoms with Crippen molar-refractivity contribution in [3.8, 4) is 23.6 Å². The molecule has 0 bridgehead atoms. The van der Waals surface area contributed by atoms with E-state index < -0.39 is 11.8 Å². The number of amides is 1. The van der Waals surface area contributed by atoms with E-state index in [1.54, 1.807) is 36.4 Å². The highest BCUT2D eigenvalue weighted by molar-refractivity contribution is 6.30. The summed E-state index contributed by atoms with van der Waals surface area (Å²) in [5.74, 6) is -2.15. The lowest BCUT2D eigenvalue weighted by atomic mass is 9.89. The number of hydrogen-bond donors (Lipinski definition) is 3. The Hall–Kier alpha value is -4.00. The van der Waals surface area contributed by atoms with E-state index in [2.05, 4.69) is 11.4 Å². The van der Waals surface area contributed by atoms with Crippen LogP contribution in [-0.2, 0) is 0 Å². The monoisotopic (exact) mass is 403 g/mol. The number of nitrogens with one attached hydrogen (secondary N) is 1. The zero-order chi connectivity index (χ0) is 21.0. The number of carbonyl (C=O) groups excluding carboxylic acids is 1. The molecule has 0 aliphatic heterocycles.